The number of nitrogens with two attached hydrogens (primary N) is 2. The molecule has 0 aromatic heterocycles. The smallest absolute Gasteiger partial charge is 0.242 e. The summed E-state index contributed by atoms with van der Waals surface area (Å²) < 4.78 is 0. The minimum absolute atomic E-state index is 0.0356. The van der Waals surface area contributed by atoms with Crippen LogP contribution in [0.25, 0.3) is 0 Å². The van der Waals surface area contributed by atoms with Crippen molar-refractivity contribution in [1.82, 2.24) is 10.2 Å². The number of hydrogen-bond acceptors (Lipinski definition) is 4. The van der Waals surface area contributed by atoms with Gasteiger partial charge >= 0.3 is 0 Å². The monoisotopic (exact) mass is 534 g/mol. The Morgan fingerprint density at radius 1 is 0.821 bits per heavy atom. The van der Waals surface area contributed by atoms with Crippen LogP contribution in [0.1, 0.15) is 88.2 Å². The van der Waals surface area contributed by atoms with E-state index in [1.54, 1.807) is 6.92 Å². The van der Waals surface area contributed by atoms with Gasteiger partial charge in [-0.15, -0.1) is 0 Å². The standard InChI is InChI=1S/C14H13NO.C12H21N3O2.C6H12/c15-14(16)13(11-7-3-1-4-8-11)12-9-5-2-6-10-12;1-8(13)12(17)14-7-11(16)15-6-5-9-3-2-4-10(9)15;1-2-4-6-5-3-1/h1-10,13H,(H2,15,16);8-10H,2-7,13H2,1H3,(H,14,17);1-6H2/t;8?,9-,10-;/m.1./s1. The number of fused-ring (bicyclic) bond motifs is 1. The van der Waals surface area contributed by atoms with E-state index in [1.165, 1.54) is 51.4 Å². The Bertz CT molecular complexity index is 973. The number of amides is 3. The van der Waals surface area contributed by atoms with Gasteiger partial charge < -0.3 is 21.7 Å². The maximum atomic E-state index is 12.0. The van der Waals surface area contributed by atoms with Crippen molar-refractivity contribution < 1.29 is 14.4 Å². The van der Waals surface area contributed by atoms with E-state index in [0.717, 1.165) is 30.5 Å². The van der Waals surface area contributed by atoms with Crippen molar-refractivity contribution in [3.05, 3.63) is 71.8 Å². The van der Waals surface area contributed by atoms with Gasteiger partial charge in [0.1, 0.15) is 0 Å². The second-order valence-corrected chi connectivity index (χ2v) is 10.9. The summed E-state index contributed by atoms with van der Waals surface area (Å²) in [4.78, 5) is 36.7. The fourth-order valence-electron chi connectivity index (χ4n) is 5.84. The Balaban J connectivity index is 0.000000178. The number of nitrogens with zero attached hydrogens (tertiary/aromatic N) is 1. The highest BCUT2D eigenvalue weighted by atomic mass is 16.2. The van der Waals surface area contributed by atoms with Crippen molar-refractivity contribution in [2.75, 3.05) is 13.1 Å². The average Bonchev–Trinajstić information content (AvgIpc) is 3.59. The number of likely N-dealkylation sites (tertiary alicyclic amines) is 1. The molecule has 0 radical (unpaired) electrons. The SMILES string of the molecule is C1CCCCC1.CC(N)C(=O)NCC(=O)N1CC[C@H]2CCC[C@H]21.NC(=O)C(c1ccccc1)c1ccccc1. The normalized spacial score (nSPS) is 20.5. The van der Waals surface area contributed by atoms with Gasteiger partial charge in [0.15, 0.2) is 0 Å². The van der Waals surface area contributed by atoms with Gasteiger partial charge in [-0.25, -0.2) is 0 Å². The topological polar surface area (TPSA) is 119 Å². The summed E-state index contributed by atoms with van der Waals surface area (Å²) in [5.74, 6) is -0.211. The summed E-state index contributed by atoms with van der Waals surface area (Å²) in [6.07, 6.45) is 13.7. The Morgan fingerprint density at radius 3 is 1.79 bits per heavy atom. The summed E-state index contributed by atoms with van der Waals surface area (Å²) in [6, 6.07) is 19.0. The van der Waals surface area contributed by atoms with E-state index >= 15 is 0 Å². The lowest BCUT2D eigenvalue weighted by Gasteiger charge is -2.24. The largest absolute Gasteiger partial charge is 0.369 e. The van der Waals surface area contributed by atoms with Gasteiger partial charge in [0.05, 0.1) is 18.5 Å². The predicted octanol–water partition coefficient (Wildman–Crippen LogP) is 4.50. The highest BCUT2D eigenvalue weighted by molar-refractivity contribution is 5.87. The van der Waals surface area contributed by atoms with Gasteiger partial charge in [0, 0.05) is 12.6 Å². The summed E-state index contributed by atoms with van der Waals surface area (Å²) >= 11 is 0. The van der Waals surface area contributed by atoms with Crippen LogP contribution in [0.3, 0.4) is 0 Å². The number of benzene rings is 2. The lowest BCUT2D eigenvalue weighted by molar-refractivity contribution is -0.133. The summed E-state index contributed by atoms with van der Waals surface area (Å²) in [5, 5.41) is 2.58. The van der Waals surface area contributed by atoms with Gasteiger partial charge in [0.25, 0.3) is 0 Å². The first-order chi connectivity index (χ1) is 18.9. The number of primary amides is 1. The molecule has 2 aromatic rings. The lowest BCUT2D eigenvalue weighted by atomic mass is 9.91. The highest BCUT2D eigenvalue weighted by Crippen LogP contribution is 2.37. The molecule has 2 aliphatic carbocycles. The molecule has 2 aromatic carbocycles. The van der Waals surface area contributed by atoms with Crippen molar-refractivity contribution in [3.63, 3.8) is 0 Å². The zero-order valence-corrected chi connectivity index (χ0v) is 23.4. The van der Waals surface area contributed by atoms with E-state index in [9.17, 15) is 14.4 Å². The van der Waals surface area contributed by atoms with Gasteiger partial charge in [0.2, 0.25) is 17.7 Å². The quantitative estimate of drug-likeness (QED) is 0.506. The summed E-state index contributed by atoms with van der Waals surface area (Å²) in [7, 11) is 0. The first-order valence-electron chi connectivity index (χ1n) is 14.6. The zero-order chi connectivity index (χ0) is 28.0. The average molecular weight is 535 g/mol. The van der Waals surface area contributed by atoms with Crippen molar-refractivity contribution in [2.45, 2.75) is 89.1 Å². The molecule has 1 aliphatic heterocycles. The zero-order valence-electron chi connectivity index (χ0n) is 23.4. The molecule has 3 aliphatic rings. The second kappa shape index (κ2) is 16.0. The summed E-state index contributed by atoms with van der Waals surface area (Å²) in [5.41, 5.74) is 12.7. The predicted molar refractivity (Wildman–Crippen MR) is 156 cm³/mol. The number of nitrogens with one attached hydrogen (secondary N) is 1. The molecule has 1 unspecified atom stereocenters. The number of hydrogen-bond donors (Lipinski definition) is 3. The first-order valence-corrected chi connectivity index (χ1v) is 14.6. The van der Waals surface area contributed by atoms with E-state index in [1.807, 2.05) is 65.6 Å². The molecule has 2 saturated carbocycles. The molecule has 3 fully saturated rings. The maximum absolute atomic E-state index is 12.0. The third kappa shape index (κ3) is 9.50. The van der Waals surface area contributed by atoms with Crippen molar-refractivity contribution in [2.24, 2.45) is 17.4 Å². The maximum Gasteiger partial charge on any atom is 0.242 e. The van der Waals surface area contributed by atoms with Gasteiger partial charge in [-0.05, 0) is 43.2 Å². The molecule has 0 bridgehead atoms. The third-order valence-corrected chi connectivity index (χ3v) is 7.96. The molecule has 212 valence electrons. The van der Waals surface area contributed by atoms with E-state index in [4.69, 9.17) is 11.5 Å². The van der Waals surface area contributed by atoms with Crippen LogP contribution >= 0.6 is 0 Å². The third-order valence-electron chi connectivity index (χ3n) is 7.96. The number of carbonyl (C=O) groups is 3. The molecule has 5 rings (SSSR count). The molecular weight excluding hydrogens is 488 g/mol. The highest BCUT2D eigenvalue weighted by Gasteiger charge is 2.39. The van der Waals surface area contributed by atoms with Crippen LogP contribution in [-0.4, -0.2) is 47.8 Å². The molecule has 39 heavy (non-hydrogen) atoms. The molecule has 1 heterocycles. The van der Waals surface area contributed by atoms with Crippen molar-refractivity contribution in [1.29, 1.82) is 0 Å². The molecule has 5 N–H and O–H groups in total. The fourth-order valence-corrected chi connectivity index (χ4v) is 5.84. The van der Waals surface area contributed by atoms with Crippen LogP contribution in [0.15, 0.2) is 60.7 Å². The van der Waals surface area contributed by atoms with E-state index in [-0.39, 0.29) is 30.2 Å². The van der Waals surface area contributed by atoms with Crippen LogP contribution in [-0.2, 0) is 14.4 Å². The number of carbonyl (C=O) groups excluding carboxylic acids is 3. The fraction of sp³-hybridized carbons (Fsp3) is 0.531. The van der Waals surface area contributed by atoms with Crippen LogP contribution in [0.5, 0.6) is 0 Å². The minimum atomic E-state index is -0.555. The Kier molecular flexibility index (Phi) is 12.5. The Morgan fingerprint density at radius 2 is 1.33 bits per heavy atom. The molecule has 0 spiro atoms. The van der Waals surface area contributed by atoms with E-state index in [0.29, 0.717) is 12.0 Å². The van der Waals surface area contributed by atoms with Crippen LogP contribution in [0.2, 0.25) is 0 Å². The molecule has 7 heteroatoms. The second-order valence-electron chi connectivity index (χ2n) is 10.9. The van der Waals surface area contributed by atoms with Crippen LogP contribution in [0, 0.1) is 5.92 Å². The molecule has 3 amide bonds. The Labute approximate surface area is 233 Å². The molecule has 1 saturated heterocycles. The van der Waals surface area contributed by atoms with E-state index in [2.05, 4.69) is 5.32 Å². The van der Waals surface area contributed by atoms with Gasteiger partial charge in [-0.3, -0.25) is 14.4 Å². The van der Waals surface area contributed by atoms with Crippen LogP contribution in [0.4, 0.5) is 0 Å². The Hall–Kier alpha value is -3.19. The van der Waals surface area contributed by atoms with Crippen molar-refractivity contribution >= 4 is 17.7 Å². The lowest BCUT2D eigenvalue weighted by Crippen LogP contribution is -2.46. The minimum Gasteiger partial charge on any atom is -0.369 e. The van der Waals surface area contributed by atoms with Gasteiger partial charge in [-0.1, -0.05) is 106 Å². The van der Waals surface area contributed by atoms with Crippen molar-refractivity contribution in [3.8, 4) is 0 Å². The number of rotatable bonds is 6. The molecule has 7 nitrogen and oxygen atoms in total. The summed E-state index contributed by atoms with van der Waals surface area (Å²) in [6.45, 7) is 2.55. The molecule has 3 atom stereocenters. The van der Waals surface area contributed by atoms with Crippen LogP contribution < -0.4 is 16.8 Å². The molecular formula is C32H46N4O3. The first kappa shape index (κ1) is 30.4. The van der Waals surface area contributed by atoms with E-state index < -0.39 is 6.04 Å². The van der Waals surface area contributed by atoms with Gasteiger partial charge in [-0.2, -0.15) is 0 Å².